The SMILES string of the molecule is CNc1ccc(/C=C/c2ccncc2)cc1. The zero-order valence-corrected chi connectivity index (χ0v) is 9.22. The van der Waals surface area contributed by atoms with Crippen LogP contribution >= 0.6 is 0 Å². The summed E-state index contributed by atoms with van der Waals surface area (Å²) in [5.74, 6) is 0. The van der Waals surface area contributed by atoms with Crippen molar-refractivity contribution in [1.82, 2.24) is 4.98 Å². The number of aromatic nitrogens is 1. The van der Waals surface area contributed by atoms with E-state index >= 15 is 0 Å². The summed E-state index contributed by atoms with van der Waals surface area (Å²) in [5.41, 5.74) is 3.48. The van der Waals surface area contributed by atoms with Gasteiger partial charge in [0, 0.05) is 25.1 Å². The highest BCUT2D eigenvalue weighted by atomic mass is 14.8. The van der Waals surface area contributed by atoms with Crippen LogP contribution in [0.3, 0.4) is 0 Å². The molecule has 0 atom stereocenters. The van der Waals surface area contributed by atoms with E-state index in [0.717, 1.165) is 11.3 Å². The Labute approximate surface area is 95.7 Å². The number of hydrogen-bond donors (Lipinski definition) is 1. The lowest BCUT2D eigenvalue weighted by Crippen LogP contribution is -1.86. The molecule has 2 rings (SSSR count). The third-order valence-corrected chi connectivity index (χ3v) is 2.37. The molecule has 0 aliphatic carbocycles. The summed E-state index contributed by atoms with van der Waals surface area (Å²) in [6.45, 7) is 0. The van der Waals surface area contributed by atoms with E-state index in [9.17, 15) is 0 Å². The Morgan fingerprint density at radius 1 is 0.875 bits per heavy atom. The van der Waals surface area contributed by atoms with Crippen molar-refractivity contribution in [1.29, 1.82) is 0 Å². The highest BCUT2D eigenvalue weighted by Gasteiger charge is 1.89. The van der Waals surface area contributed by atoms with E-state index in [-0.39, 0.29) is 0 Å². The molecule has 2 nitrogen and oxygen atoms in total. The van der Waals surface area contributed by atoms with Crippen LogP contribution in [0.25, 0.3) is 12.2 Å². The monoisotopic (exact) mass is 210 g/mol. The summed E-state index contributed by atoms with van der Waals surface area (Å²) in [6.07, 6.45) is 7.76. The van der Waals surface area contributed by atoms with Crippen molar-refractivity contribution in [3.8, 4) is 0 Å². The van der Waals surface area contributed by atoms with Crippen LogP contribution in [0.15, 0.2) is 48.8 Å². The molecular weight excluding hydrogens is 196 g/mol. The Morgan fingerprint density at radius 2 is 1.44 bits per heavy atom. The fourth-order valence-corrected chi connectivity index (χ4v) is 1.43. The lowest BCUT2D eigenvalue weighted by atomic mass is 10.1. The van der Waals surface area contributed by atoms with E-state index in [4.69, 9.17) is 0 Å². The summed E-state index contributed by atoms with van der Waals surface area (Å²) >= 11 is 0. The van der Waals surface area contributed by atoms with Crippen molar-refractivity contribution in [2.75, 3.05) is 12.4 Å². The standard InChI is InChI=1S/C14H14N2/c1-15-14-6-4-12(5-7-14)2-3-13-8-10-16-11-9-13/h2-11,15H,1H3/b3-2+. The highest BCUT2D eigenvalue weighted by Crippen LogP contribution is 2.11. The number of benzene rings is 1. The van der Waals surface area contributed by atoms with Crippen molar-refractivity contribution >= 4 is 17.8 Å². The van der Waals surface area contributed by atoms with E-state index in [1.54, 1.807) is 12.4 Å². The molecule has 0 aliphatic heterocycles. The maximum atomic E-state index is 3.98. The molecule has 2 heteroatoms. The van der Waals surface area contributed by atoms with Crippen LogP contribution in [-0.4, -0.2) is 12.0 Å². The maximum absolute atomic E-state index is 3.98. The van der Waals surface area contributed by atoms with Crippen molar-refractivity contribution < 1.29 is 0 Å². The third kappa shape index (κ3) is 2.70. The minimum atomic E-state index is 1.13. The molecule has 2 aromatic rings. The van der Waals surface area contributed by atoms with Gasteiger partial charge in [-0.15, -0.1) is 0 Å². The molecular formula is C14H14N2. The molecule has 0 spiro atoms. The number of anilines is 1. The average Bonchev–Trinajstić information content (AvgIpc) is 2.38. The van der Waals surface area contributed by atoms with Gasteiger partial charge in [-0.3, -0.25) is 4.98 Å². The molecule has 0 saturated carbocycles. The van der Waals surface area contributed by atoms with Gasteiger partial charge in [-0.25, -0.2) is 0 Å². The van der Waals surface area contributed by atoms with Crippen LogP contribution in [0.5, 0.6) is 0 Å². The molecule has 0 amide bonds. The van der Waals surface area contributed by atoms with Gasteiger partial charge in [0.05, 0.1) is 0 Å². The van der Waals surface area contributed by atoms with Gasteiger partial charge in [0.15, 0.2) is 0 Å². The van der Waals surface area contributed by atoms with Crippen LogP contribution < -0.4 is 5.32 Å². The summed E-state index contributed by atoms with van der Waals surface area (Å²) in [6, 6.07) is 12.3. The molecule has 0 saturated heterocycles. The quantitative estimate of drug-likeness (QED) is 0.840. The Balaban J connectivity index is 2.12. The van der Waals surface area contributed by atoms with Gasteiger partial charge >= 0.3 is 0 Å². The number of nitrogens with one attached hydrogen (secondary N) is 1. The van der Waals surface area contributed by atoms with Crippen molar-refractivity contribution in [2.24, 2.45) is 0 Å². The fourth-order valence-electron chi connectivity index (χ4n) is 1.43. The summed E-state index contributed by atoms with van der Waals surface area (Å²) in [7, 11) is 1.92. The number of rotatable bonds is 3. The molecule has 0 unspecified atom stereocenters. The first-order valence-corrected chi connectivity index (χ1v) is 5.24. The Hall–Kier alpha value is -2.09. The first-order chi connectivity index (χ1) is 7.88. The molecule has 1 aromatic carbocycles. The van der Waals surface area contributed by atoms with Gasteiger partial charge in [0.2, 0.25) is 0 Å². The van der Waals surface area contributed by atoms with Crippen molar-refractivity contribution in [3.05, 3.63) is 59.9 Å². The van der Waals surface area contributed by atoms with Gasteiger partial charge in [-0.1, -0.05) is 24.3 Å². The first-order valence-electron chi connectivity index (χ1n) is 5.24. The van der Waals surface area contributed by atoms with E-state index in [2.05, 4.69) is 46.7 Å². The predicted octanol–water partition coefficient (Wildman–Crippen LogP) is 3.29. The molecule has 0 fully saturated rings. The summed E-state index contributed by atoms with van der Waals surface area (Å²) in [4.78, 5) is 3.98. The summed E-state index contributed by atoms with van der Waals surface area (Å²) in [5, 5.41) is 3.10. The van der Waals surface area contributed by atoms with E-state index in [1.165, 1.54) is 5.56 Å². The van der Waals surface area contributed by atoms with E-state index in [1.807, 2.05) is 19.2 Å². The van der Waals surface area contributed by atoms with Gasteiger partial charge in [0.1, 0.15) is 0 Å². The van der Waals surface area contributed by atoms with Gasteiger partial charge in [-0.2, -0.15) is 0 Å². The molecule has 0 bridgehead atoms. The first kappa shape index (κ1) is 10.4. The zero-order valence-electron chi connectivity index (χ0n) is 9.22. The molecule has 1 aromatic heterocycles. The van der Waals surface area contributed by atoms with E-state index < -0.39 is 0 Å². The Kier molecular flexibility index (Phi) is 3.34. The maximum Gasteiger partial charge on any atom is 0.0337 e. The minimum absolute atomic E-state index is 1.13. The largest absolute Gasteiger partial charge is 0.388 e. The van der Waals surface area contributed by atoms with Gasteiger partial charge in [0.25, 0.3) is 0 Å². The lowest BCUT2D eigenvalue weighted by molar-refractivity contribution is 1.32. The van der Waals surface area contributed by atoms with Crippen LogP contribution in [-0.2, 0) is 0 Å². The molecule has 1 N–H and O–H groups in total. The van der Waals surface area contributed by atoms with Crippen molar-refractivity contribution in [3.63, 3.8) is 0 Å². The number of pyridine rings is 1. The second-order valence-corrected chi connectivity index (χ2v) is 3.49. The van der Waals surface area contributed by atoms with Crippen LogP contribution in [0.4, 0.5) is 5.69 Å². The smallest absolute Gasteiger partial charge is 0.0337 e. The van der Waals surface area contributed by atoms with Gasteiger partial charge in [-0.05, 0) is 35.4 Å². The Morgan fingerprint density at radius 3 is 2.00 bits per heavy atom. The van der Waals surface area contributed by atoms with Crippen LogP contribution in [0, 0.1) is 0 Å². The summed E-state index contributed by atoms with van der Waals surface area (Å²) < 4.78 is 0. The normalized spacial score (nSPS) is 10.6. The third-order valence-electron chi connectivity index (χ3n) is 2.37. The van der Waals surface area contributed by atoms with E-state index in [0.29, 0.717) is 0 Å². The average molecular weight is 210 g/mol. The Bertz CT molecular complexity index is 458. The van der Waals surface area contributed by atoms with Crippen LogP contribution in [0.1, 0.15) is 11.1 Å². The highest BCUT2D eigenvalue weighted by molar-refractivity contribution is 5.70. The van der Waals surface area contributed by atoms with Gasteiger partial charge < -0.3 is 5.32 Å². The second kappa shape index (κ2) is 5.12. The molecule has 0 aliphatic rings. The predicted molar refractivity (Wildman–Crippen MR) is 69.2 cm³/mol. The fraction of sp³-hybridized carbons (Fsp3) is 0.0714. The second-order valence-electron chi connectivity index (χ2n) is 3.49. The number of hydrogen-bond acceptors (Lipinski definition) is 2. The van der Waals surface area contributed by atoms with Crippen LogP contribution in [0.2, 0.25) is 0 Å². The van der Waals surface area contributed by atoms with Crippen molar-refractivity contribution in [2.45, 2.75) is 0 Å². The molecule has 1 heterocycles. The minimum Gasteiger partial charge on any atom is -0.388 e. The zero-order chi connectivity index (χ0) is 11.2. The topological polar surface area (TPSA) is 24.9 Å². The molecule has 80 valence electrons. The molecule has 0 radical (unpaired) electrons. The lowest BCUT2D eigenvalue weighted by Gasteiger charge is -1.99. The number of nitrogens with zero attached hydrogens (tertiary/aromatic N) is 1. The molecule has 16 heavy (non-hydrogen) atoms.